The number of fused-ring (bicyclic) bond motifs is 2. The van der Waals surface area contributed by atoms with Crippen molar-refractivity contribution in [3.63, 3.8) is 0 Å². The minimum Gasteiger partial charge on any atom is -0.467 e. The molecule has 0 saturated heterocycles. The Morgan fingerprint density at radius 2 is 1.93 bits per heavy atom. The molecule has 3 aromatic heterocycles. The highest BCUT2D eigenvalue weighted by molar-refractivity contribution is 7.16. The Hall–Kier alpha value is -3.61. The SMILES string of the molecule is Cc1c(C=Nc2sc3c(c2C(=O)NCc2ccco2)CC[C@@H](C(C)(C)C)C3)c2ccccc2n1Cc1ccc(Cl)cc1. The summed E-state index contributed by atoms with van der Waals surface area (Å²) in [7, 11) is 0. The minimum absolute atomic E-state index is 0.0906. The van der Waals surface area contributed by atoms with E-state index in [4.69, 9.17) is 21.0 Å². The molecule has 1 atom stereocenters. The predicted octanol–water partition coefficient (Wildman–Crippen LogP) is 9.14. The summed E-state index contributed by atoms with van der Waals surface area (Å²) in [6.45, 7) is 10.2. The number of para-hydroxylation sites is 1. The number of hydrogen-bond acceptors (Lipinski definition) is 4. The molecule has 0 saturated carbocycles. The Kier molecular flexibility index (Phi) is 7.86. The lowest BCUT2D eigenvalue weighted by molar-refractivity contribution is 0.0947. The summed E-state index contributed by atoms with van der Waals surface area (Å²) in [5.41, 5.74) is 6.63. The Balaban J connectivity index is 1.38. The summed E-state index contributed by atoms with van der Waals surface area (Å²) in [5, 5.41) is 5.74. The van der Waals surface area contributed by atoms with Crippen molar-refractivity contribution in [2.45, 2.75) is 60.0 Å². The van der Waals surface area contributed by atoms with E-state index in [9.17, 15) is 4.79 Å². The molecule has 1 N–H and O–H groups in total. The zero-order valence-electron chi connectivity index (χ0n) is 24.5. The van der Waals surface area contributed by atoms with Gasteiger partial charge in [-0.25, -0.2) is 4.99 Å². The lowest BCUT2D eigenvalue weighted by Crippen LogP contribution is -2.28. The Labute approximate surface area is 256 Å². The third-order valence-corrected chi connectivity index (χ3v) is 9.96. The fourth-order valence-electron chi connectivity index (χ4n) is 6.02. The van der Waals surface area contributed by atoms with Crippen LogP contribution in [0.1, 0.15) is 70.6 Å². The zero-order valence-corrected chi connectivity index (χ0v) is 26.1. The topological polar surface area (TPSA) is 59.5 Å². The van der Waals surface area contributed by atoms with Crippen LogP contribution < -0.4 is 5.32 Å². The molecule has 0 bridgehead atoms. The van der Waals surface area contributed by atoms with Gasteiger partial charge < -0.3 is 14.3 Å². The number of carbonyl (C=O) groups excluding carboxylic acids is 1. The van der Waals surface area contributed by atoms with Crippen LogP contribution in [0.15, 0.2) is 76.3 Å². The van der Waals surface area contributed by atoms with E-state index in [-0.39, 0.29) is 11.3 Å². The van der Waals surface area contributed by atoms with E-state index in [1.807, 2.05) is 30.5 Å². The van der Waals surface area contributed by atoms with E-state index in [2.05, 4.69) is 74.0 Å². The van der Waals surface area contributed by atoms with E-state index in [1.165, 1.54) is 10.4 Å². The summed E-state index contributed by atoms with van der Waals surface area (Å²) in [6, 6.07) is 20.1. The first kappa shape index (κ1) is 28.5. The van der Waals surface area contributed by atoms with Gasteiger partial charge in [-0.3, -0.25) is 4.79 Å². The summed E-state index contributed by atoms with van der Waals surface area (Å²) in [6.07, 6.45) is 6.54. The molecule has 3 heterocycles. The van der Waals surface area contributed by atoms with Gasteiger partial charge in [-0.1, -0.05) is 62.7 Å². The van der Waals surface area contributed by atoms with E-state index in [1.54, 1.807) is 17.6 Å². The van der Waals surface area contributed by atoms with Gasteiger partial charge in [-0.15, -0.1) is 11.3 Å². The number of amides is 1. The quantitative estimate of drug-likeness (QED) is 0.190. The Morgan fingerprint density at radius 1 is 1.14 bits per heavy atom. The summed E-state index contributed by atoms with van der Waals surface area (Å²) in [5.74, 6) is 1.22. The number of benzene rings is 2. The number of halogens is 1. The second kappa shape index (κ2) is 11.6. The van der Waals surface area contributed by atoms with Gasteiger partial charge >= 0.3 is 0 Å². The number of nitrogens with zero attached hydrogens (tertiary/aromatic N) is 2. The van der Waals surface area contributed by atoms with Crippen molar-refractivity contribution < 1.29 is 9.21 Å². The maximum absolute atomic E-state index is 13.7. The summed E-state index contributed by atoms with van der Waals surface area (Å²) >= 11 is 7.81. The average molecular weight is 598 g/mol. The van der Waals surface area contributed by atoms with Crippen LogP contribution in [0.5, 0.6) is 0 Å². The molecule has 1 aliphatic carbocycles. The molecule has 0 radical (unpaired) electrons. The number of rotatable bonds is 7. The molecule has 2 aromatic carbocycles. The van der Waals surface area contributed by atoms with Crippen molar-refractivity contribution in [3.05, 3.63) is 111 Å². The number of furan rings is 1. The maximum atomic E-state index is 13.7. The first-order chi connectivity index (χ1) is 20.2. The van der Waals surface area contributed by atoms with Gasteiger partial charge in [0.25, 0.3) is 5.91 Å². The summed E-state index contributed by atoms with van der Waals surface area (Å²) < 4.78 is 7.78. The number of hydrogen-bond donors (Lipinski definition) is 1. The molecule has 5 aromatic rings. The molecule has 0 fully saturated rings. The van der Waals surface area contributed by atoms with Gasteiger partial charge in [-0.05, 0) is 79.0 Å². The van der Waals surface area contributed by atoms with Crippen LogP contribution in [-0.2, 0) is 25.9 Å². The van der Waals surface area contributed by atoms with E-state index >= 15 is 0 Å². The molecule has 0 spiro atoms. The highest BCUT2D eigenvalue weighted by Crippen LogP contribution is 2.45. The highest BCUT2D eigenvalue weighted by Gasteiger charge is 2.33. The largest absolute Gasteiger partial charge is 0.467 e. The van der Waals surface area contributed by atoms with E-state index in [0.717, 1.165) is 69.3 Å². The average Bonchev–Trinajstić information content (AvgIpc) is 3.68. The monoisotopic (exact) mass is 597 g/mol. The molecule has 7 heteroatoms. The van der Waals surface area contributed by atoms with Crippen molar-refractivity contribution in [2.75, 3.05) is 0 Å². The molecule has 0 unspecified atom stereocenters. The molecule has 6 rings (SSSR count). The molecular formula is C35H36ClN3O2S. The van der Waals surface area contributed by atoms with Gasteiger partial charge in [-0.2, -0.15) is 0 Å². The van der Waals surface area contributed by atoms with Crippen LogP contribution in [0, 0.1) is 18.3 Å². The van der Waals surface area contributed by atoms with Crippen molar-refractivity contribution >= 4 is 51.0 Å². The van der Waals surface area contributed by atoms with Crippen LogP contribution in [0.3, 0.4) is 0 Å². The number of thiophene rings is 1. The normalized spacial score (nSPS) is 15.4. The van der Waals surface area contributed by atoms with Crippen LogP contribution in [0.2, 0.25) is 5.02 Å². The second-order valence-electron chi connectivity index (χ2n) is 12.2. The van der Waals surface area contributed by atoms with Crippen molar-refractivity contribution in [1.29, 1.82) is 0 Å². The van der Waals surface area contributed by atoms with Crippen LogP contribution in [-0.4, -0.2) is 16.7 Å². The number of nitrogens with one attached hydrogen (secondary N) is 1. The third kappa shape index (κ3) is 5.70. The summed E-state index contributed by atoms with van der Waals surface area (Å²) in [4.78, 5) is 20.0. The first-order valence-electron chi connectivity index (χ1n) is 14.5. The number of carbonyl (C=O) groups is 1. The second-order valence-corrected chi connectivity index (χ2v) is 13.8. The third-order valence-electron chi connectivity index (χ3n) is 8.55. The number of aromatic nitrogens is 1. The Morgan fingerprint density at radius 3 is 2.67 bits per heavy atom. The fraction of sp³-hybridized carbons (Fsp3) is 0.314. The Bertz CT molecular complexity index is 1750. The van der Waals surface area contributed by atoms with Crippen molar-refractivity contribution in [3.8, 4) is 0 Å². The standard InChI is InChI=1S/C35H36ClN3O2S/c1-22-29(27-9-5-6-10-30(27)39(22)21-23-11-14-25(36)15-12-23)20-38-34-32(33(40)37-19-26-8-7-17-41-26)28-16-13-24(35(2,3)4)18-31(28)42-34/h5-12,14-15,17,20,24H,13,16,18-19,21H2,1-4H3,(H,37,40)/t24-/m1/s1. The lowest BCUT2D eigenvalue weighted by Gasteiger charge is -2.33. The lowest BCUT2D eigenvalue weighted by atomic mass is 9.72. The smallest absolute Gasteiger partial charge is 0.255 e. The molecule has 0 aliphatic heterocycles. The molecular weight excluding hydrogens is 562 g/mol. The van der Waals surface area contributed by atoms with Crippen molar-refractivity contribution in [1.82, 2.24) is 9.88 Å². The van der Waals surface area contributed by atoms with Gasteiger partial charge in [0.2, 0.25) is 0 Å². The van der Waals surface area contributed by atoms with E-state index in [0.29, 0.717) is 18.0 Å². The van der Waals surface area contributed by atoms with Gasteiger partial charge in [0.05, 0.1) is 18.4 Å². The van der Waals surface area contributed by atoms with Gasteiger partial charge in [0.15, 0.2) is 0 Å². The molecule has 216 valence electrons. The fourth-order valence-corrected chi connectivity index (χ4v) is 7.42. The molecule has 5 nitrogen and oxygen atoms in total. The first-order valence-corrected chi connectivity index (χ1v) is 15.7. The molecule has 42 heavy (non-hydrogen) atoms. The number of aliphatic imine (C=N–C) groups is 1. The van der Waals surface area contributed by atoms with Gasteiger partial charge in [0.1, 0.15) is 10.8 Å². The highest BCUT2D eigenvalue weighted by atomic mass is 35.5. The molecule has 1 amide bonds. The van der Waals surface area contributed by atoms with Crippen molar-refractivity contribution in [2.24, 2.45) is 16.3 Å². The van der Waals surface area contributed by atoms with Crippen LogP contribution >= 0.6 is 22.9 Å². The zero-order chi connectivity index (χ0) is 29.4. The predicted molar refractivity (Wildman–Crippen MR) is 174 cm³/mol. The van der Waals surface area contributed by atoms with Crippen LogP contribution in [0.4, 0.5) is 5.00 Å². The molecule has 1 aliphatic rings. The minimum atomic E-state index is -0.0906. The maximum Gasteiger partial charge on any atom is 0.255 e. The van der Waals surface area contributed by atoms with Gasteiger partial charge in [0, 0.05) is 44.8 Å². The van der Waals surface area contributed by atoms with E-state index < -0.39 is 0 Å². The van der Waals surface area contributed by atoms with Crippen LogP contribution in [0.25, 0.3) is 10.9 Å².